The molecule has 0 aliphatic heterocycles. The van der Waals surface area contributed by atoms with Gasteiger partial charge in [0.25, 0.3) is 5.91 Å². The Hall–Kier alpha value is -3.19. The zero-order valence-corrected chi connectivity index (χ0v) is 14.8. The monoisotopic (exact) mass is 371 g/mol. The van der Waals surface area contributed by atoms with E-state index in [9.17, 15) is 9.90 Å². The molecule has 2 aromatic carbocycles. The number of primary amides is 1. The second-order valence-corrected chi connectivity index (χ2v) is 6.23. The number of anilines is 3. The topological polar surface area (TPSA) is 116 Å². The van der Waals surface area contributed by atoms with Crippen molar-refractivity contribution in [1.82, 2.24) is 10.2 Å². The average molecular weight is 372 g/mol. The van der Waals surface area contributed by atoms with Gasteiger partial charge in [-0.1, -0.05) is 29.8 Å². The number of nitrogens with zero attached hydrogens (tertiary/aromatic N) is 1. The van der Waals surface area contributed by atoms with E-state index >= 15 is 0 Å². The van der Waals surface area contributed by atoms with Crippen LogP contribution in [0.25, 0.3) is 0 Å². The van der Waals surface area contributed by atoms with Crippen molar-refractivity contribution in [2.24, 2.45) is 5.73 Å². The summed E-state index contributed by atoms with van der Waals surface area (Å²) >= 11 is 5.97. The van der Waals surface area contributed by atoms with E-state index in [1.165, 1.54) is 0 Å². The third-order valence-electron chi connectivity index (χ3n) is 3.83. The van der Waals surface area contributed by atoms with Gasteiger partial charge in [0.2, 0.25) is 0 Å². The van der Waals surface area contributed by atoms with Crippen molar-refractivity contribution in [3.63, 3.8) is 0 Å². The fourth-order valence-electron chi connectivity index (χ4n) is 2.52. The minimum Gasteiger partial charge on any atom is -0.508 e. The zero-order valence-electron chi connectivity index (χ0n) is 14.0. The number of hydrogen-bond donors (Lipinski definition) is 5. The number of halogens is 1. The normalized spacial score (nSPS) is 10.5. The molecule has 8 heteroatoms. The maximum Gasteiger partial charge on any atom is 0.256 e. The van der Waals surface area contributed by atoms with Crippen LogP contribution < -0.4 is 16.4 Å². The lowest BCUT2D eigenvalue weighted by atomic mass is 10.1. The summed E-state index contributed by atoms with van der Waals surface area (Å²) in [7, 11) is 0. The number of rotatable bonds is 6. The van der Waals surface area contributed by atoms with Gasteiger partial charge in [-0.25, -0.2) is 0 Å². The Kier molecular flexibility index (Phi) is 4.99. The summed E-state index contributed by atoms with van der Waals surface area (Å²) in [6.07, 6.45) is 0. The Balaban J connectivity index is 1.80. The van der Waals surface area contributed by atoms with E-state index in [1.807, 2.05) is 13.0 Å². The van der Waals surface area contributed by atoms with Gasteiger partial charge >= 0.3 is 0 Å². The minimum atomic E-state index is -0.618. The number of H-pyrrole nitrogens is 1. The second-order valence-electron chi connectivity index (χ2n) is 5.80. The van der Waals surface area contributed by atoms with Crippen LogP contribution in [-0.4, -0.2) is 21.2 Å². The highest BCUT2D eigenvalue weighted by molar-refractivity contribution is 6.30. The molecule has 1 heterocycles. The van der Waals surface area contributed by atoms with E-state index < -0.39 is 5.91 Å². The van der Waals surface area contributed by atoms with Crippen molar-refractivity contribution in [3.05, 3.63) is 64.2 Å². The van der Waals surface area contributed by atoms with Crippen molar-refractivity contribution in [2.45, 2.75) is 13.5 Å². The van der Waals surface area contributed by atoms with Crippen molar-refractivity contribution in [1.29, 1.82) is 0 Å². The Morgan fingerprint density at radius 2 is 2.12 bits per heavy atom. The van der Waals surface area contributed by atoms with Gasteiger partial charge in [-0.3, -0.25) is 9.89 Å². The summed E-state index contributed by atoms with van der Waals surface area (Å²) in [6, 6.07) is 12.3. The highest BCUT2D eigenvalue weighted by atomic mass is 35.5. The Morgan fingerprint density at radius 1 is 1.31 bits per heavy atom. The van der Waals surface area contributed by atoms with E-state index in [-0.39, 0.29) is 11.3 Å². The first-order valence-corrected chi connectivity index (χ1v) is 8.25. The first-order valence-electron chi connectivity index (χ1n) is 7.87. The number of aromatic nitrogens is 2. The van der Waals surface area contributed by atoms with Crippen LogP contribution in [0, 0.1) is 6.92 Å². The molecule has 6 N–H and O–H groups in total. The molecule has 26 heavy (non-hydrogen) atoms. The molecular formula is C18H18ClN5O2. The molecule has 0 aliphatic carbocycles. The van der Waals surface area contributed by atoms with E-state index in [2.05, 4.69) is 20.8 Å². The number of hydrogen-bond acceptors (Lipinski definition) is 5. The van der Waals surface area contributed by atoms with Crippen LogP contribution >= 0.6 is 11.6 Å². The molecule has 0 spiro atoms. The molecule has 0 aliphatic rings. The van der Waals surface area contributed by atoms with E-state index in [0.717, 1.165) is 11.1 Å². The highest BCUT2D eigenvalue weighted by Crippen LogP contribution is 2.26. The van der Waals surface area contributed by atoms with Gasteiger partial charge in [-0.05, 0) is 42.3 Å². The fraction of sp³-hybridized carbons (Fsp3) is 0.111. The molecule has 0 bridgehead atoms. The molecule has 0 fully saturated rings. The first kappa shape index (κ1) is 17.6. The van der Waals surface area contributed by atoms with Gasteiger partial charge in [0.05, 0.1) is 0 Å². The largest absolute Gasteiger partial charge is 0.508 e. The number of carbonyl (C=O) groups excluding carboxylic acids is 1. The number of aryl methyl sites for hydroxylation is 1. The number of carbonyl (C=O) groups is 1. The molecule has 1 amide bonds. The lowest BCUT2D eigenvalue weighted by molar-refractivity contribution is 0.100. The van der Waals surface area contributed by atoms with E-state index in [0.29, 0.717) is 28.9 Å². The third kappa shape index (κ3) is 3.89. The van der Waals surface area contributed by atoms with E-state index in [4.69, 9.17) is 17.3 Å². The molecule has 0 saturated heterocycles. The SMILES string of the molecule is Cc1cc(CNc2[nH]nc(Nc3cccc(Cl)c3)c2C(N)=O)ccc1O. The summed E-state index contributed by atoms with van der Waals surface area (Å²) in [5.74, 6) is 0.339. The van der Waals surface area contributed by atoms with Crippen LogP contribution in [0.3, 0.4) is 0 Å². The third-order valence-corrected chi connectivity index (χ3v) is 4.07. The van der Waals surface area contributed by atoms with Gasteiger partial charge in [-0.2, -0.15) is 5.10 Å². The van der Waals surface area contributed by atoms with Crippen LogP contribution in [0.5, 0.6) is 5.75 Å². The van der Waals surface area contributed by atoms with Crippen LogP contribution in [0.15, 0.2) is 42.5 Å². The van der Waals surface area contributed by atoms with Crippen LogP contribution in [0.4, 0.5) is 17.3 Å². The first-order chi connectivity index (χ1) is 12.4. The standard InChI is InChI=1S/C18H18ClN5O2/c1-10-7-11(5-6-14(10)25)9-21-17-15(16(20)26)18(24-23-17)22-13-4-2-3-12(19)8-13/h2-8,25H,9H2,1H3,(H2,20,26)(H3,21,22,23,24). The van der Waals surface area contributed by atoms with Gasteiger partial charge in [0.1, 0.15) is 17.1 Å². The van der Waals surface area contributed by atoms with Crippen molar-refractivity contribution >= 4 is 34.8 Å². The Bertz CT molecular complexity index is 955. The number of nitrogens with one attached hydrogen (secondary N) is 3. The van der Waals surface area contributed by atoms with Gasteiger partial charge in [-0.15, -0.1) is 0 Å². The molecular weight excluding hydrogens is 354 g/mol. The van der Waals surface area contributed by atoms with Crippen molar-refractivity contribution in [2.75, 3.05) is 10.6 Å². The summed E-state index contributed by atoms with van der Waals surface area (Å²) in [4.78, 5) is 11.9. The number of aromatic hydroxyl groups is 1. The predicted molar refractivity (Wildman–Crippen MR) is 102 cm³/mol. The number of benzene rings is 2. The van der Waals surface area contributed by atoms with E-state index in [1.54, 1.807) is 36.4 Å². The lowest BCUT2D eigenvalue weighted by Gasteiger charge is -2.08. The summed E-state index contributed by atoms with van der Waals surface area (Å²) in [5.41, 5.74) is 8.14. The molecule has 1 aromatic heterocycles. The second kappa shape index (κ2) is 7.37. The fourth-order valence-corrected chi connectivity index (χ4v) is 2.71. The quantitative estimate of drug-likeness (QED) is 0.454. The lowest BCUT2D eigenvalue weighted by Crippen LogP contribution is -2.15. The highest BCUT2D eigenvalue weighted by Gasteiger charge is 2.18. The minimum absolute atomic E-state index is 0.223. The summed E-state index contributed by atoms with van der Waals surface area (Å²) < 4.78 is 0. The summed E-state index contributed by atoms with van der Waals surface area (Å²) in [6.45, 7) is 2.25. The van der Waals surface area contributed by atoms with Crippen molar-refractivity contribution in [3.8, 4) is 5.75 Å². The molecule has 0 radical (unpaired) electrons. The average Bonchev–Trinajstić information content (AvgIpc) is 2.99. The molecule has 3 aromatic rings. The molecule has 0 saturated carbocycles. The number of phenols is 1. The Morgan fingerprint density at radius 3 is 2.81 bits per heavy atom. The number of aromatic amines is 1. The maximum absolute atomic E-state index is 11.9. The van der Waals surface area contributed by atoms with Gasteiger partial charge in [0, 0.05) is 17.3 Å². The molecule has 3 rings (SSSR count). The molecule has 7 nitrogen and oxygen atoms in total. The number of amides is 1. The number of nitrogens with two attached hydrogens (primary N) is 1. The van der Waals surface area contributed by atoms with Crippen LogP contribution in [0.2, 0.25) is 5.02 Å². The summed E-state index contributed by atoms with van der Waals surface area (Å²) in [5, 5.41) is 23.2. The van der Waals surface area contributed by atoms with Gasteiger partial charge < -0.3 is 21.5 Å². The van der Waals surface area contributed by atoms with Crippen molar-refractivity contribution < 1.29 is 9.90 Å². The molecule has 134 valence electrons. The molecule has 0 unspecified atom stereocenters. The molecule has 0 atom stereocenters. The Labute approximate surface area is 155 Å². The van der Waals surface area contributed by atoms with Crippen LogP contribution in [0.1, 0.15) is 21.5 Å². The predicted octanol–water partition coefficient (Wildman–Crippen LogP) is 3.53. The number of phenolic OH excluding ortho intramolecular Hbond substituents is 1. The van der Waals surface area contributed by atoms with Crippen LogP contribution in [-0.2, 0) is 6.54 Å². The maximum atomic E-state index is 11.9. The van der Waals surface area contributed by atoms with Gasteiger partial charge in [0.15, 0.2) is 5.82 Å². The smallest absolute Gasteiger partial charge is 0.256 e. The zero-order chi connectivity index (χ0) is 18.7.